The van der Waals surface area contributed by atoms with Crippen LogP contribution in [-0.2, 0) is 6.54 Å². The zero-order valence-corrected chi connectivity index (χ0v) is 11.9. The molecule has 1 N–H and O–H groups in total. The molecule has 0 spiro atoms. The van der Waals surface area contributed by atoms with E-state index in [1.165, 1.54) is 25.7 Å². The topological polar surface area (TPSA) is 38.6 Å². The van der Waals surface area contributed by atoms with Gasteiger partial charge in [-0.3, -0.25) is 4.40 Å². The Morgan fingerprint density at radius 3 is 3.06 bits per heavy atom. The average Bonchev–Trinajstić information content (AvgIpc) is 2.94. The minimum atomic E-state index is 0.739. The monoisotopic (exact) mass is 267 g/mol. The predicted octanol–water partition coefficient (Wildman–Crippen LogP) is 3.07. The zero-order chi connectivity index (χ0) is 12.8. The molecular formula is C13H21N3OS. The molecule has 0 aliphatic heterocycles. The Labute approximate surface area is 112 Å². The summed E-state index contributed by atoms with van der Waals surface area (Å²) in [6.45, 7) is 4.10. The number of methoxy groups -OCH3 is 1. The Hall–Kier alpha value is -1.07. The summed E-state index contributed by atoms with van der Waals surface area (Å²) in [7, 11) is 1.68. The number of hydrogen-bond acceptors (Lipinski definition) is 4. The van der Waals surface area contributed by atoms with Gasteiger partial charge in [0.15, 0.2) is 4.96 Å². The van der Waals surface area contributed by atoms with E-state index in [-0.39, 0.29) is 0 Å². The number of nitrogens with zero attached hydrogens (tertiary/aromatic N) is 2. The summed E-state index contributed by atoms with van der Waals surface area (Å²) in [5.41, 5.74) is 1.12. The second kappa shape index (κ2) is 6.75. The van der Waals surface area contributed by atoms with Crippen molar-refractivity contribution in [3.8, 4) is 5.88 Å². The summed E-state index contributed by atoms with van der Waals surface area (Å²) in [6.07, 6.45) is 7.20. The van der Waals surface area contributed by atoms with Crippen LogP contribution in [0.25, 0.3) is 4.96 Å². The first kappa shape index (κ1) is 13.4. The van der Waals surface area contributed by atoms with E-state index in [2.05, 4.69) is 21.6 Å². The number of aromatic nitrogens is 2. The van der Waals surface area contributed by atoms with Gasteiger partial charge >= 0.3 is 0 Å². The first-order chi connectivity index (χ1) is 8.86. The molecule has 2 rings (SSSR count). The largest absolute Gasteiger partial charge is 0.480 e. The van der Waals surface area contributed by atoms with Crippen LogP contribution in [0.2, 0.25) is 0 Å². The molecule has 0 bridgehead atoms. The summed E-state index contributed by atoms with van der Waals surface area (Å²) in [5.74, 6) is 0.739. The van der Waals surface area contributed by atoms with Gasteiger partial charge in [-0.05, 0) is 13.0 Å². The molecule has 0 amide bonds. The third-order valence-electron chi connectivity index (χ3n) is 3.02. The standard InChI is InChI=1S/C13H21N3OS/c1-3-4-5-6-7-14-10-11-12(17-2)15-13-16(11)8-9-18-13/h8-9,14H,3-7,10H2,1-2H3. The molecule has 0 unspecified atom stereocenters. The molecule has 0 saturated heterocycles. The second-order valence-electron chi connectivity index (χ2n) is 4.36. The molecular weight excluding hydrogens is 246 g/mol. The molecule has 5 heteroatoms. The molecule has 2 aromatic heterocycles. The molecule has 0 aromatic carbocycles. The van der Waals surface area contributed by atoms with Crippen molar-refractivity contribution in [3.05, 3.63) is 17.3 Å². The smallest absolute Gasteiger partial charge is 0.237 e. The number of nitrogens with one attached hydrogen (secondary N) is 1. The Bertz CT molecular complexity index is 477. The van der Waals surface area contributed by atoms with Crippen LogP contribution < -0.4 is 10.1 Å². The third kappa shape index (κ3) is 3.03. The Morgan fingerprint density at radius 2 is 2.28 bits per heavy atom. The van der Waals surface area contributed by atoms with E-state index in [1.54, 1.807) is 18.4 Å². The third-order valence-corrected chi connectivity index (χ3v) is 3.77. The maximum Gasteiger partial charge on any atom is 0.237 e. The molecule has 0 atom stereocenters. The summed E-state index contributed by atoms with van der Waals surface area (Å²) in [4.78, 5) is 5.43. The molecule has 2 aromatic rings. The maximum absolute atomic E-state index is 5.32. The van der Waals surface area contributed by atoms with Crippen molar-refractivity contribution in [2.45, 2.75) is 39.2 Å². The highest BCUT2D eigenvalue weighted by Gasteiger charge is 2.12. The van der Waals surface area contributed by atoms with Gasteiger partial charge in [-0.15, -0.1) is 11.3 Å². The lowest BCUT2D eigenvalue weighted by Crippen LogP contribution is -2.16. The summed E-state index contributed by atoms with van der Waals surface area (Å²) >= 11 is 1.63. The van der Waals surface area contributed by atoms with Crippen molar-refractivity contribution < 1.29 is 4.74 Å². The Balaban J connectivity index is 1.88. The Morgan fingerprint density at radius 1 is 1.39 bits per heavy atom. The van der Waals surface area contributed by atoms with Crippen molar-refractivity contribution in [1.29, 1.82) is 0 Å². The van der Waals surface area contributed by atoms with Crippen molar-refractivity contribution in [2.75, 3.05) is 13.7 Å². The van der Waals surface area contributed by atoms with Crippen LogP contribution in [0.3, 0.4) is 0 Å². The van der Waals surface area contributed by atoms with E-state index in [0.29, 0.717) is 0 Å². The lowest BCUT2D eigenvalue weighted by Gasteiger charge is -2.05. The fraction of sp³-hybridized carbons (Fsp3) is 0.615. The number of fused-ring (bicyclic) bond motifs is 1. The SMILES string of the molecule is CCCCCCNCc1c(OC)nc2sccn12. The second-order valence-corrected chi connectivity index (χ2v) is 5.23. The van der Waals surface area contributed by atoms with Crippen molar-refractivity contribution in [2.24, 2.45) is 0 Å². The molecule has 0 aliphatic carbocycles. The first-order valence-electron chi connectivity index (χ1n) is 6.56. The van der Waals surface area contributed by atoms with E-state index >= 15 is 0 Å². The van der Waals surface area contributed by atoms with Crippen LogP contribution in [0.15, 0.2) is 11.6 Å². The van der Waals surface area contributed by atoms with Crippen molar-refractivity contribution in [3.63, 3.8) is 0 Å². The van der Waals surface area contributed by atoms with E-state index in [4.69, 9.17) is 4.74 Å². The number of ether oxygens (including phenoxy) is 1. The number of thiazole rings is 1. The molecule has 18 heavy (non-hydrogen) atoms. The van der Waals surface area contributed by atoms with Gasteiger partial charge in [-0.25, -0.2) is 0 Å². The fourth-order valence-corrected chi connectivity index (χ4v) is 2.75. The quantitative estimate of drug-likeness (QED) is 0.747. The van der Waals surface area contributed by atoms with Crippen molar-refractivity contribution >= 4 is 16.3 Å². The molecule has 0 radical (unpaired) electrons. The summed E-state index contributed by atoms with van der Waals surface area (Å²) < 4.78 is 7.42. The lowest BCUT2D eigenvalue weighted by atomic mass is 10.2. The van der Waals surface area contributed by atoms with E-state index in [9.17, 15) is 0 Å². The fourth-order valence-electron chi connectivity index (χ4n) is 2.02. The van der Waals surface area contributed by atoms with Crippen LogP contribution in [0.1, 0.15) is 38.3 Å². The predicted molar refractivity (Wildman–Crippen MR) is 75.5 cm³/mol. The minimum absolute atomic E-state index is 0.739. The van der Waals surface area contributed by atoms with Gasteiger partial charge in [0.05, 0.1) is 7.11 Å². The van der Waals surface area contributed by atoms with Crippen LogP contribution in [0.4, 0.5) is 0 Å². The van der Waals surface area contributed by atoms with E-state index in [1.807, 2.05) is 11.6 Å². The highest BCUT2D eigenvalue weighted by atomic mass is 32.1. The summed E-state index contributed by atoms with van der Waals surface area (Å²) in [5, 5.41) is 5.52. The van der Waals surface area contributed by atoms with Crippen LogP contribution >= 0.6 is 11.3 Å². The molecule has 4 nitrogen and oxygen atoms in total. The highest BCUT2D eigenvalue weighted by Crippen LogP contribution is 2.22. The lowest BCUT2D eigenvalue weighted by molar-refractivity contribution is 0.392. The van der Waals surface area contributed by atoms with Gasteiger partial charge in [-0.2, -0.15) is 4.98 Å². The first-order valence-corrected chi connectivity index (χ1v) is 7.44. The van der Waals surface area contributed by atoms with Gasteiger partial charge in [0.1, 0.15) is 5.69 Å². The Kier molecular flexibility index (Phi) is 5.01. The molecule has 0 aliphatic rings. The van der Waals surface area contributed by atoms with Gasteiger partial charge in [0, 0.05) is 18.1 Å². The number of imidazole rings is 1. The number of hydrogen-bond donors (Lipinski definition) is 1. The van der Waals surface area contributed by atoms with Crippen molar-refractivity contribution in [1.82, 2.24) is 14.7 Å². The van der Waals surface area contributed by atoms with E-state index in [0.717, 1.165) is 29.6 Å². The summed E-state index contributed by atoms with van der Waals surface area (Å²) in [6, 6.07) is 0. The van der Waals surface area contributed by atoms with Gasteiger partial charge in [0.2, 0.25) is 5.88 Å². The highest BCUT2D eigenvalue weighted by molar-refractivity contribution is 7.15. The van der Waals surface area contributed by atoms with Crippen LogP contribution in [0.5, 0.6) is 5.88 Å². The molecule has 2 heterocycles. The van der Waals surface area contributed by atoms with Gasteiger partial charge < -0.3 is 10.1 Å². The maximum atomic E-state index is 5.32. The number of unbranched alkanes of at least 4 members (excludes halogenated alkanes) is 3. The molecule has 0 fully saturated rings. The van der Waals surface area contributed by atoms with Gasteiger partial charge in [-0.1, -0.05) is 26.2 Å². The van der Waals surface area contributed by atoms with Crippen LogP contribution in [-0.4, -0.2) is 23.0 Å². The normalized spacial score (nSPS) is 11.2. The minimum Gasteiger partial charge on any atom is -0.480 e. The zero-order valence-electron chi connectivity index (χ0n) is 11.1. The van der Waals surface area contributed by atoms with Crippen LogP contribution in [0, 0.1) is 0 Å². The average molecular weight is 267 g/mol. The number of rotatable bonds is 8. The molecule has 100 valence electrons. The van der Waals surface area contributed by atoms with Gasteiger partial charge in [0.25, 0.3) is 0 Å². The van der Waals surface area contributed by atoms with E-state index < -0.39 is 0 Å². The molecule has 0 saturated carbocycles.